The van der Waals surface area contributed by atoms with Crippen LogP contribution in [0.4, 0.5) is 32.0 Å². The first kappa shape index (κ1) is 22.7. The van der Waals surface area contributed by atoms with Gasteiger partial charge in [0.15, 0.2) is 5.82 Å². The minimum Gasteiger partial charge on any atom is -0.369 e. The van der Waals surface area contributed by atoms with Gasteiger partial charge in [-0.05, 0) is 39.0 Å². The number of nitrogens with one attached hydrogen (secondary N) is 1. The Kier molecular flexibility index (Phi) is 5.14. The molecule has 2 atom stereocenters. The van der Waals surface area contributed by atoms with Gasteiger partial charge in [0.1, 0.15) is 0 Å². The Morgan fingerprint density at radius 3 is 2.25 bits per heavy atom. The van der Waals surface area contributed by atoms with Gasteiger partial charge in [-0.25, -0.2) is 9.18 Å². The normalized spacial score (nSPS) is 20.9. The highest BCUT2D eigenvalue weighted by Crippen LogP contribution is 2.44. The lowest BCUT2D eigenvalue weighted by Crippen LogP contribution is -2.55. The molecule has 176 valence electrons. The first-order valence-corrected chi connectivity index (χ1v) is 10.2. The summed E-state index contributed by atoms with van der Waals surface area (Å²) < 4.78 is 82.5. The molecule has 1 aliphatic heterocycles. The van der Waals surface area contributed by atoms with E-state index in [2.05, 4.69) is 4.98 Å². The van der Waals surface area contributed by atoms with Crippen LogP contribution in [0.5, 0.6) is 0 Å². The third kappa shape index (κ3) is 3.30. The number of aromatic amines is 1. The number of H-pyrrole nitrogens is 1. The van der Waals surface area contributed by atoms with Crippen LogP contribution < -0.4 is 21.9 Å². The molecule has 12 heteroatoms. The largest absolute Gasteiger partial charge is 0.454 e. The van der Waals surface area contributed by atoms with Crippen LogP contribution in [0, 0.1) is 25.6 Å². The summed E-state index contributed by atoms with van der Waals surface area (Å²) in [5.74, 6) is -7.09. The molecule has 6 nitrogen and oxygen atoms in total. The minimum atomic E-state index is -5.79. The number of nitrogens with two attached hydrogens (primary N) is 1. The molecule has 3 N–H and O–H groups in total. The van der Waals surface area contributed by atoms with Gasteiger partial charge in [0, 0.05) is 30.3 Å². The van der Waals surface area contributed by atoms with Gasteiger partial charge in [-0.3, -0.25) is 14.3 Å². The van der Waals surface area contributed by atoms with Crippen molar-refractivity contribution in [3.8, 4) is 0 Å². The highest BCUT2D eigenvalue weighted by Gasteiger charge is 2.63. The number of halogens is 6. The van der Waals surface area contributed by atoms with Gasteiger partial charge in [-0.2, -0.15) is 22.0 Å². The molecule has 4 rings (SSSR count). The maximum atomic E-state index is 15.4. The second-order valence-corrected chi connectivity index (χ2v) is 8.64. The molecule has 2 heterocycles. The Morgan fingerprint density at radius 1 is 1.06 bits per heavy atom. The summed E-state index contributed by atoms with van der Waals surface area (Å²) in [6.07, 6.45) is -4.46. The Hall–Kier alpha value is -2.50. The number of aromatic nitrogens is 2. The lowest BCUT2D eigenvalue weighted by Gasteiger charge is -2.30. The van der Waals surface area contributed by atoms with E-state index in [1.54, 1.807) is 0 Å². The first-order valence-electron chi connectivity index (χ1n) is 10.2. The monoisotopic (exact) mass is 464 g/mol. The zero-order valence-electron chi connectivity index (χ0n) is 17.3. The number of rotatable bonds is 4. The highest BCUT2D eigenvalue weighted by atomic mass is 19.4. The van der Waals surface area contributed by atoms with E-state index in [4.69, 9.17) is 5.73 Å². The van der Waals surface area contributed by atoms with E-state index in [0.717, 1.165) is 0 Å². The number of fused-ring (bicyclic) bond motifs is 1. The third-order valence-electron chi connectivity index (χ3n) is 6.52. The van der Waals surface area contributed by atoms with Crippen molar-refractivity contribution in [2.24, 2.45) is 11.7 Å². The fraction of sp³-hybridized carbons (Fsp3) is 0.600. The molecule has 2 unspecified atom stereocenters. The molecular weight excluding hydrogens is 442 g/mol. The number of hydrogen-bond donors (Lipinski definition) is 2. The van der Waals surface area contributed by atoms with Gasteiger partial charge in [0.25, 0.3) is 5.56 Å². The molecule has 2 aliphatic rings. The summed E-state index contributed by atoms with van der Waals surface area (Å²) in [7, 11) is 0. The van der Waals surface area contributed by atoms with E-state index in [9.17, 15) is 31.5 Å². The maximum Gasteiger partial charge on any atom is 0.454 e. The van der Waals surface area contributed by atoms with Crippen LogP contribution in [0.25, 0.3) is 10.9 Å². The molecule has 2 aromatic rings. The van der Waals surface area contributed by atoms with Crippen LogP contribution in [0.1, 0.15) is 36.4 Å². The Bertz CT molecular complexity index is 1200. The summed E-state index contributed by atoms with van der Waals surface area (Å²) in [4.78, 5) is 28.5. The average molecular weight is 464 g/mol. The lowest BCUT2D eigenvalue weighted by molar-refractivity contribution is -0.293. The van der Waals surface area contributed by atoms with Gasteiger partial charge < -0.3 is 10.6 Å². The molecule has 1 saturated carbocycles. The van der Waals surface area contributed by atoms with Crippen LogP contribution in [0.15, 0.2) is 9.59 Å². The molecule has 1 saturated heterocycles. The molecular formula is C20H22F6N4O2. The van der Waals surface area contributed by atoms with Crippen molar-refractivity contribution in [1.29, 1.82) is 0 Å². The zero-order chi connectivity index (χ0) is 23.7. The van der Waals surface area contributed by atoms with Crippen molar-refractivity contribution in [2.45, 2.75) is 57.3 Å². The lowest BCUT2D eigenvalue weighted by atomic mass is 9.94. The van der Waals surface area contributed by atoms with Gasteiger partial charge in [0.05, 0.1) is 22.6 Å². The smallest absolute Gasteiger partial charge is 0.369 e. The standard InChI is InChI=1S/C20H22F6N4O2/c1-8-12-14(30(11-3-4-11)18(32)28-17(12)31)9(2)15(13(8)21)29-6-5-10(7-29)16(27)19(22,23)20(24,25)26/h10-11,16H,3-7,27H2,1-2H3,(H,28,31,32). The first-order chi connectivity index (χ1) is 14.8. The number of anilines is 1. The topological polar surface area (TPSA) is 84.1 Å². The summed E-state index contributed by atoms with van der Waals surface area (Å²) in [5, 5.41) is 0.0197. The van der Waals surface area contributed by atoms with Crippen LogP contribution in [0.3, 0.4) is 0 Å². The summed E-state index contributed by atoms with van der Waals surface area (Å²) in [6, 6.07) is -2.63. The van der Waals surface area contributed by atoms with Gasteiger partial charge in [-0.15, -0.1) is 0 Å². The highest BCUT2D eigenvalue weighted by molar-refractivity contribution is 5.90. The van der Waals surface area contributed by atoms with Crippen LogP contribution in [-0.4, -0.2) is 40.8 Å². The maximum absolute atomic E-state index is 15.4. The van der Waals surface area contributed by atoms with Crippen LogP contribution in [-0.2, 0) is 0 Å². The van der Waals surface area contributed by atoms with E-state index < -0.39 is 41.1 Å². The molecule has 1 aliphatic carbocycles. The predicted molar refractivity (Wildman–Crippen MR) is 106 cm³/mol. The Morgan fingerprint density at radius 2 is 1.69 bits per heavy atom. The van der Waals surface area contributed by atoms with E-state index in [1.165, 1.54) is 23.3 Å². The number of nitrogens with zero attached hydrogens (tertiary/aromatic N) is 2. The van der Waals surface area contributed by atoms with Crippen molar-refractivity contribution >= 4 is 16.6 Å². The molecule has 1 aromatic heterocycles. The fourth-order valence-electron chi connectivity index (χ4n) is 4.66. The van der Waals surface area contributed by atoms with Crippen molar-refractivity contribution in [3.63, 3.8) is 0 Å². The van der Waals surface area contributed by atoms with Gasteiger partial charge in [0.2, 0.25) is 0 Å². The number of alkyl halides is 5. The quantitative estimate of drug-likeness (QED) is 0.682. The fourth-order valence-corrected chi connectivity index (χ4v) is 4.66. The summed E-state index contributed by atoms with van der Waals surface area (Å²) in [5.41, 5.74) is 4.42. The van der Waals surface area contributed by atoms with Crippen molar-refractivity contribution in [1.82, 2.24) is 9.55 Å². The van der Waals surface area contributed by atoms with Gasteiger partial charge >= 0.3 is 17.8 Å². The number of benzene rings is 1. The van der Waals surface area contributed by atoms with E-state index in [1.807, 2.05) is 0 Å². The predicted octanol–water partition coefficient (Wildman–Crippen LogP) is 3.13. The molecule has 0 radical (unpaired) electrons. The summed E-state index contributed by atoms with van der Waals surface area (Å²) >= 11 is 0. The van der Waals surface area contributed by atoms with Gasteiger partial charge in [-0.1, -0.05) is 0 Å². The second-order valence-electron chi connectivity index (χ2n) is 8.64. The molecule has 0 amide bonds. The molecule has 2 fully saturated rings. The third-order valence-corrected chi connectivity index (χ3v) is 6.52. The molecule has 0 spiro atoms. The van der Waals surface area contributed by atoms with E-state index >= 15 is 4.39 Å². The van der Waals surface area contributed by atoms with E-state index in [0.29, 0.717) is 12.8 Å². The number of hydrogen-bond acceptors (Lipinski definition) is 4. The SMILES string of the molecule is Cc1c(F)c(N2CCC(C(N)C(F)(F)C(F)(F)F)C2)c(C)c2c1c(=O)[nH]c(=O)n2C1CC1. The average Bonchev–Trinajstić information content (AvgIpc) is 3.41. The zero-order valence-corrected chi connectivity index (χ0v) is 17.3. The molecule has 1 aromatic carbocycles. The van der Waals surface area contributed by atoms with Crippen LogP contribution in [0.2, 0.25) is 0 Å². The minimum absolute atomic E-state index is 0.00582. The molecule has 0 bridgehead atoms. The Labute approximate surface area is 178 Å². The van der Waals surface area contributed by atoms with Crippen molar-refractivity contribution < 1.29 is 26.3 Å². The summed E-state index contributed by atoms with van der Waals surface area (Å²) in [6.45, 7) is 2.57. The van der Waals surface area contributed by atoms with Crippen molar-refractivity contribution in [2.75, 3.05) is 18.0 Å². The second kappa shape index (κ2) is 7.26. The Balaban J connectivity index is 1.80. The van der Waals surface area contributed by atoms with Crippen molar-refractivity contribution in [3.05, 3.63) is 37.8 Å². The van der Waals surface area contributed by atoms with E-state index in [-0.39, 0.29) is 53.3 Å². The molecule has 32 heavy (non-hydrogen) atoms. The van der Waals surface area contributed by atoms with Crippen LogP contribution >= 0.6 is 0 Å². The number of aryl methyl sites for hydroxylation is 2.